The summed E-state index contributed by atoms with van der Waals surface area (Å²) in [4.78, 5) is 12.7. The second-order valence-electron chi connectivity index (χ2n) is 5.92. The molecule has 7 heteroatoms. The number of benzene rings is 2. The Hall–Kier alpha value is -2.70. The molecule has 0 aliphatic carbocycles. The number of fused-ring (bicyclic) bond motifs is 1. The minimum Gasteiger partial charge on any atom is -0.451 e. The van der Waals surface area contributed by atoms with Crippen LogP contribution in [0.1, 0.15) is 21.7 Å². The van der Waals surface area contributed by atoms with Crippen LogP contribution in [0.3, 0.4) is 0 Å². The first-order chi connectivity index (χ1) is 12.5. The molecule has 0 aliphatic heterocycles. The number of nitrogens with one attached hydrogen (secondary N) is 1. The number of halogens is 1. The van der Waals surface area contributed by atoms with Gasteiger partial charge in [0.1, 0.15) is 16.8 Å². The van der Waals surface area contributed by atoms with E-state index in [0.717, 1.165) is 33.9 Å². The lowest BCUT2D eigenvalue weighted by molar-refractivity contribution is 0.0997. The maximum atomic E-state index is 12.7. The van der Waals surface area contributed by atoms with Gasteiger partial charge in [-0.1, -0.05) is 29.8 Å². The quantitative estimate of drug-likeness (QED) is 0.509. The van der Waals surface area contributed by atoms with E-state index >= 15 is 0 Å². The van der Waals surface area contributed by atoms with Gasteiger partial charge < -0.3 is 9.73 Å². The van der Waals surface area contributed by atoms with Crippen molar-refractivity contribution >= 4 is 46.0 Å². The van der Waals surface area contributed by atoms with Crippen LogP contribution in [-0.4, -0.2) is 14.7 Å². The van der Waals surface area contributed by atoms with Gasteiger partial charge in [0.15, 0.2) is 5.76 Å². The highest BCUT2D eigenvalue weighted by atomic mass is 35.5. The summed E-state index contributed by atoms with van der Waals surface area (Å²) >= 11 is 7.29. The van der Waals surface area contributed by atoms with Crippen molar-refractivity contribution in [1.82, 2.24) is 8.75 Å². The lowest BCUT2D eigenvalue weighted by atomic mass is 10.1. The molecule has 130 valence electrons. The molecule has 1 amide bonds. The summed E-state index contributed by atoms with van der Waals surface area (Å²) in [6.07, 6.45) is 0. The molecule has 0 atom stereocenters. The van der Waals surface area contributed by atoms with E-state index in [1.807, 2.05) is 44.2 Å². The lowest BCUT2D eigenvalue weighted by Crippen LogP contribution is -2.12. The van der Waals surface area contributed by atoms with Crippen molar-refractivity contribution in [2.45, 2.75) is 13.8 Å². The molecule has 4 rings (SSSR count). The van der Waals surface area contributed by atoms with E-state index in [9.17, 15) is 4.79 Å². The lowest BCUT2D eigenvalue weighted by Gasteiger charge is -2.07. The molecule has 2 heterocycles. The van der Waals surface area contributed by atoms with Crippen LogP contribution in [0, 0.1) is 13.8 Å². The summed E-state index contributed by atoms with van der Waals surface area (Å²) in [5, 5.41) is 3.55. The van der Waals surface area contributed by atoms with Crippen LogP contribution in [0.5, 0.6) is 0 Å². The Morgan fingerprint density at radius 3 is 2.81 bits per heavy atom. The van der Waals surface area contributed by atoms with Gasteiger partial charge in [0.25, 0.3) is 5.91 Å². The number of carbonyl (C=O) groups is 1. The summed E-state index contributed by atoms with van der Waals surface area (Å²) in [5.74, 6) is 0.485. The predicted molar refractivity (Wildman–Crippen MR) is 104 cm³/mol. The van der Waals surface area contributed by atoms with Gasteiger partial charge in [0, 0.05) is 10.6 Å². The zero-order chi connectivity index (χ0) is 18.3. The highest BCUT2D eigenvalue weighted by Gasteiger charge is 2.17. The summed E-state index contributed by atoms with van der Waals surface area (Å²) < 4.78 is 14.2. The number of furan rings is 1. The van der Waals surface area contributed by atoms with E-state index in [2.05, 4.69) is 14.1 Å². The number of hydrogen-bond donors (Lipinski definition) is 1. The van der Waals surface area contributed by atoms with Crippen LogP contribution in [0.4, 0.5) is 5.69 Å². The minimum absolute atomic E-state index is 0.221. The number of anilines is 1. The molecule has 0 saturated heterocycles. The Balaban J connectivity index is 1.65. The Morgan fingerprint density at radius 2 is 1.96 bits per heavy atom. The Labute approximate surface area is 158 Å². The molecule has 1 N–H and O–H groups in total. The highest BCUT2D eigenvalue weighted by Crippen LogP contribution is 2.31. The number of rotatable bonds is 3. The van der Waals surface area contributed by atoms with Gasteiger partial charge in [-0.25, -0.2) is 0 Å². The van der Waals surface area contributed by atoms with Crippen molar-refractivity contribution in [3.63, 3.8) is 0 Å². The molecule has 2 aromatic carbocycles. The maximum Gasteiger partial charge on any atom is 0.291 e. The molecule has 5 nitrogen and oxygen atoms in total. The number of aryl methyl sites for hydroxylation is 1. The fourth-order valence-corrected chi connectivity index (χ4v) is 3.48. The van der Waals surface area contributed by atoms with Gasteiger partial charge >= 0.3 is 0 Å². The molecular formula is C19H14ClN3O2S. The average molecular weight is 384 g/mol. The standard InChI is InChI=1S/C19H14ClN3O2S/c1-10-6-7-14-18(23-26-22-14)17(10)21-19(24)16-9-8-15(25-16)12-4-3-5-13(20)11(12)2/h3-9H,1-2H3,(H,21,24). The van der Waals surface area contributed by atoms with Gasteiger partial charge in [-0.2, -0.15) is 8.75 Å². The van der Waals surface area contributed by atoms with Crippen LogP contribution < -0.4 is 5.32 Å². The fraction of sp³-hybridized carbons (Fsp3) is 0.105. The van der Waals surface area contributed by atoms with Gasteiger partial charge in [-0.3, -0.25) is 4.79 Å². The van der Waals surface area contributed by atoms with Crippen LogP contribution >= 0.6 is 23.3 Å². The van der Waals surface area contributed by atoms with E-state index in [1.54, 1.807) is 12.1 Å². The highest BCUT2D eigenvalue weighted by molar-refractivity contribution is 7.00. The van der Waals surface area contributed by atoms with Crippen molar-refractivity contribution in [1.29, 1.82) is 0 Å². The van der Waals surface area contributed by atoms with Crippen LogP contribution in [0.25, 0.3) is 22.4 Å². The fourth-order valence-electron chi connectivity index (χ4n) is 2.76. The second kappa shape index (κ2) is 6.55. The molecule has 0 unspecified atom stereocenters. The second-order valence-corrected chi connectivity index (χ2v) is 6.86. The molecule has 0 fully saturated rings. The molecule has 0 bridgehead atoms. The number of nitrogens with zero attached hydrogens (tertiary/aromatic N) is 2. The third kappa shape index (κ3) is 2.87. The van der Waals surface area contributed by atoms with Gasteiger partial charge in [-0.15, -0.1) is 0 Å². The third-order valence-corrected chi connectivity index (χ3v) is 5.19. The number of carbonyl (C=O) groups excluding carboxylic acids is 1. The summed E-state index contributed by atoms with van der Waals surface area (Å²) in [5.41, 5.74) is 4.77. The van der Waals surface area contributed by atoms with Gasteiger partial charge in [0.2, 0.25) is 0 Å². The SMILES string of the molecule is Cc1ccc2nsnc2c1NC(=O)c1ccc(-c2cccc(Cl)c2C)o1. The van der Waals surface area contributed by atoms with E-state index in [-0.39, 0.29) is 11.7 Å². The van der Waals surface area contributed by atoms with Crippen molar-refractivity contribution in [3.05, 3.63) is 64.4 Å². The molecular weight excluding hydrogens is 370 g/mol. The normalized spacial score (nSPS) is 11.0. The zero-order valence-corrected chi connectivity index (χ0v) is 15.6. The molecule has 4 aromatic rings. The van der Waals surface area contributed by atoms with Crippen molar-refractivity contribution < 1.29 is 9.21 Å². The Kier molecular flexibility index (Phi) is 4.22. The monoisotopic (exact) mass is 383 g/mol. The van der Waals surface area contributed by atoms with E-state index in [0.29, 0.717) is 22.0 Å². The molecule has 0 spiro atoms. The zero-order valence-electron chi connectivity index (χ0n) is 14.0. The van der Waals surface area contributed by atoms with Crippen molar-refractivity contribution in [3.8, 4) is 11.3 Å². The average Bonchev–Trinajstić information content (AvgIpc) is 3.29. The first-order valence-corrected chi connectivity index (χ1v) is 9.04. The molecule has 0 saturated carbocycles. The first kappa shape index (κ1) is 16.8. The van der Waals surface area contributed by atoms with Crippen molar-refractivity contribution in [2.24, 2.45) is 0 Å². The van der Waals surface area contributed by atoms with Crippen molar-refractivity contribution in [2.75, 3.05) is 5.32 Å². The number of amides is 1. The molecule has 0 aliphatic rings. The molecule has 0 radical (unpaired) electrons. The Morgan fingerprint density at radius 1 is 1.12 bits per heavy atom. The largest absolute Gasteiger partial charge is 0.451 e. The van der Waals surface area contributed by atoms with Gasteiger partial charge in [0.05, 0.1) is 17.4 Å². The minimum atomic E-state index is -0.334. The van der Waals surface area contributed by atoms with Crippen LogP contribution in [0.15, 0.2) is 46.9 Å². The summed E-state index contributed by atoms with van der Waals surface area (Å²) in [6.45, 7) is 3.83. The van der Waals surface area contributed by atoms with E-state index in [1.165, 1.54) is 0 Å². The number of aromatic nitrogens is 2. The topological polar surface area (TPSA) is 68.0 Å². The third-order valence-electron chi connectivity index (χ3n) is 4.24. The smallest absolute Gasteiger partial charge is 0.291 e. The summed E-state index contributed by atoms with van der Waals surface area (Å²) in [6, 6.07) is 12.8. The first-order valence-electron chi connectivity index (χ1n) is 7.93. The van der Waals surface area contributed by atoms with Crippen LogP contribution in [-0.2, 0) is 0 Å². The van der Waals surface area contributed by atoms with E-state index in [4.69, 9.17) is 16.0 Å². The molecule has 26 heavy (non-hydrogen) atoms. The van der Waals surface area contributed by atoms with Gasteiger partial charge in [-0.05, 0) is 49.2 Å². The van der Waals surface area contributed by atoms with E-state index < -0.39 is 0 Å². The number of hydrogen-bond acceptors (Lipinski definition) is 5. The maximum absolute atomic E-state index is 12.7. The Bertz CT molecular complexity index is 1130. The predicted octanol–water partition coefficient (Wildman–Crippen LogP) is 5.47. The summed E-state index contributed by atoms with van der Waals surface area (Å²) in [7, 11) is 0. The van der Waals surface area contributed by atoms with Crippen LogP contribution in [0.2, 0.25) is 5.02 Å². The molecule has 2 aromatic heterocycles.